The van der Waals surface area contributed by atoms with Crippen LogP contribution < -0.4 is 0 Å². The molecule has 1 aromatic rings. The summed E-state index contributed by atoms with van der Waals surface area (Å²) in [7, 11) is 0. The van der Waals surface area contributed by atoms with Crippen LogP contribution in [-0.2, 0) is 19.0 Å². The third-order valence-electron chi connectivity index (χ3n) is 5.77. The third kappa shape index (κ3) is 6.15. The molecule has 0 N–H and O–H groups in total. The molecule has 1 saturated carbocycles. The number of alkyl halides is 3. The van der Waals surface area contributed by atoms with Crippen LogP contribution in [0.2, 0.25) is 0 Å². The van der Waals surface area contributed by atoms with E-state index in [1.807, 2.05) is 22.9 Å². The van der Waals surface area contributed by atoms with Crippen molar-refractivity contribution in [2.24, 2.45) is 11.8 Å². The largest absolute Gasteiger partial charge is 0.379 e. The topological polar surface area (TPSA) is 27.7 Å². The Morgan fingerprint density at radius 1 is 1.00 bits per heavy atom. The highest BCUT2D eigenvalue weighted by Crippen LogP contribution is 2.40. The molecule has 29 heavy (non-hydrogen) atoms. The fourth-order valence-corrected chi connectivity index (χ4v) is 4.58. The van der Waals surface area contributed by atoms with Gasteiger partial charge in [-0.1, -0.05) is 6.42 Å². The zero-order chi connectivity index (χ0) is 21.0. The molecule has 0 bridgehead atoms. The molecule has 2 fully saturated rings. The lowest BCUT2D eigenvalue weighted by Gasteiger charge is -2.32. The van der Waals surface area contributed by atoms with Gasteiger partial charge in [-0.2, -0.15) is 8.78 Å². The molecule has 1 saturated heterocycles. The molecular weight excluding hydrogens is 456 g/mol. The molecule has 1 aliphatic heterocycles. The SMILES string of the molecule is CCOC1CCC(CCC2COC(c3cc(F)c(C(F)(F)Br)c(F)c3)OC2)CC1. The highest BCUT2D eigenvalue weighted by molar-refractivity contribution is 9.09. The lowest BCUT2D eigenvalue weighted by molar-refractivity contribution is -0.206. The van der Waals surface area contributed by atoms with Crippen molar-refractivity contribution in [3.63, 3.8) is 0 Å². The number of hydrogen-bond acceptors (Lipinski definition) is 3. The van der Waals surface area contributed by atoms with E-state index in [-0.39, 0.29) is 11.5 Å². The number of hydrogen-bond donors (Lipinski definition) is 0. The van der Waals surface area contributed by atoms with Gasteiger partial charge in [-0.05, 0) is 73.0 Å². The minimum atomic E-state index is -3.78. The molecule has 0 aromatic heterocycles. The summed E-state index contributed by atoms with van der Waals surface area (Å²) in [5.41, 5.74) is -1.25. The number of ether oxygens (including phenoxy) is 3. The van der Waals surface area contributed by atoms with Crippen LogP contribution in [0.1, 0.15) is 62.9 Å². The standard InChI is InChI=1S/C21H27BrF4O3/c1-2-27-16-7-5-13(6-8-16)3-4-14-11-28-20(29-12-14)15-9-17(23)19(18(24)10-15)21(22,25)26/h9-10,13-14,16,20H,2-8,11-12H2,1H3. The van der Waals surface area contributed by atoms with Crippen molar-refractivity contribution in [1.82, 2.24) is 0 Å². The van der Waals surface area contributed by atoms with Crippen LogP contribution in [0.25, 0.3) is 0 Å². The second kappa shape index (κ2) is 10.1. The summed E-state index contributed by atoms with van der Waals surface area (Å²) >= 11 is 1.99. The van der Waals surface area contributed by atoms with Gasteiger partial charge in [0.2, 0.25) is 0 Å². The maximum atomic E-state index is 14.0. The maximum Gasteiger partial charge on any atom is 0.332 e. The second-order valence-corrected chi connectivity index (χ2v) is 8.89. The zero-order valence-corrected chi connectivity index (χ0v) is 18.0. The monoisotopic (exact) mass is 482 g/mol. The molecule has 0 radical (unpaired) electrons. The van der Waals surface area contributed by atoms with Crippen LogP contribution in [0.4, 0.5) is 17.6 Å². The Labute approximate surface area is 177 Å². The van der Waals surface area contributed by atoms with Crippen LogP contribution in [0.15, 0.2) is 12.1 Å². The van der Waals surface area contributed by atoms with Crippen molar-refractivity contribution in [1.29, 1.82) is 0 Å². The van der Waals surface area contributed by atoms with Gasteiger partial charge in [0, 0.05) is 18.1 Å². The molecule has 1 aliphatic carbocycles. The van der Waals surface area contributed by atoms with Crippen molar-refractivity contribution >= 4 is 15.9 Å². The Bertz CT molecular complexity index is 643. The molecule has 1 heterocycles. The van der Waals surface area contributed by atoms with Crippen LogP contribution >= 0.6 is 15.9 Å². The van der Waals surface area contributed by atoms with E-state index in [1.165, 1.54) is 12.8 Å². The van der Waals surface area contributed by atoms with E-state index in [4.69, 9.17) is 14.2 Å². The van der Waals surface area contributed by atoms with Gasteiger partial charge in [-0.15, -0.1) is 0 Å². The first kappa shape index (κ1) is 23.0. The highest BCUT2D eigenvalue weighted by atomic mass is 79.9. The average Bonchev–Trinajstić information content (AvgIpc) is 2.66. The van der Waals surface area contributed by atoms with Gasteiger partial charge in [-0.3, -0.25) is 0 Å². The molecular formula is C21H27BrF4O3. The van der Waals surface area contributed by atoms with Gasteiger partial charge in [0.1, 0.15) is 17.2 Å². The second-order valence-electron chi connectivity index (χ2n) is 7.90. The van der Waals surface area contributed by atoms with E-state index in [2.05, 4.69) is 0 Å². The quantitative estimate of drug-likeness (QED) is 0.330. The maximum absolute atomic E-state index is 14.0. The van der Waals surface area contributed by atoms with Crippen molar-refractivity contribution < 1.29 is 31.8 Å². The molecule has 2 aliphatic rings. The van der Waals surface area contributed by atoms with Crippen molar-refractivity contribution in [3.8, 4) is 0 Å². The smallest absolute Gasteiger partial charge is 0.332 e. The van der Waals surface area contributed by atoms with Crippen LogP contribution in [0.5, 0.6) is 0 Å². The molecule has 3 nitrogen and oxygen atoms in total. The van der Waals surface area contributed by atoms with E-state index < -0.39 is 28.3 Å². The molecule has 3 rings (SSSR count). The summed E-state index contributed by atoms with van der Waals surface area (Å²) < 4.78 is 71.4. The fraction of sp³-hybridized carbons (Fsp3) is 0.714. The predicted octanol–water partition coefficient (Wildman–Crippen LogP) is 6.45. The van der Waals surface area contributed by atoms with E-state index in [1.54, 1.807) is 0 Å². The summed E-state index contributed by atoms with van der Waals surface area (Å²) in [6, 6.07) is 1.69. The highest BCUT2D eigenvalue weighted by Gasteiger charge is 2.36. The van der Waals surface area contributed by atoms with Gasteiger partial charge >= 0.3 is 4.83 Å². The Balaban J connectivity index is 1.46. The number of rotatable bonds is 7. The summed E-state index contributed by atoms with van der Waals surface area (Å²) in [6.07, 6.45) is 6.07. The van der Waals surface area contributed by atoms with E-state index in [0.29, 0.717) is 25.2 Å². The Morgan fingerprint density at radius 2 is 1.55 bits per heavy atom. The number of halogens is 5. The normalized spacial score (nSPS) is 28.5. The molecule has 0 atom stereocenters. The first-order valence-electron chi connectivity index (χ1n) is 10.2. The number of benzene rings is 1. The summed E-state index contributed by atoms with van der Waals surface area (Å²) in [5.74, 6) is -1.76. The van der Waals surface area contributed by atoms with Gasteiger partial charge in [0.15, 0.2) is 6.29 Å². The molecule has 0 amide bonds. The van der Waals surface area contributed by atoms with E-state index >= 15 is 0 Å². The van der Waals surface area contributed by atoms with E-state index in [9.17, 15) is 17.6 Å². The van der Waals surface area contributed by atoms with Crippen molar-refractivity contribution in [3.05, 3.63) is 34.9 Å². The molecule has 1 aromatic carbocycles. The third-order valence-corrected chi connectivity index (χ3v) is 6.16. The first-order chi connectivity index (χ1) is 13.8. The van der Waals surface area contributed by atoms with Crippen LogP contribution in [0.3, 0.4) is 0 Å². The van der Waals surface area contributed by atoms with Gasteiger partial charge in [0.05, 0.1) is 19.3 Å². The Morgan fingerprint density at radius 3 is 2.07 bits per heavy atom. The van der Waals surface area contributed by atoms with Gasteiger partial charge in [0.25, 0.3) is 0 Å². The molecule has 164 valence electrons. The molecule has 0 unspecified atom stereocenters. The lowest BCUT2D eigenvalue weighted by Crippen LogP contribution is -2.28. The summed E-state index contributed by atoms with van der Waals surface area (Å²) in [6.45, 7) is 3.62. The van der Waals surface area contributed by atoms with Crippen molar-refractivity contribution in [2.45, 2.75) is 62.7 Å². The minimum Gasteiger partial charge on any atom is -0.379 e. The Kier molecular flexibility index (Phi) is 7.98. The Hall–Kier alpha value is -0.700. The molecule has 8 heteroatoms. The lowest BCUT2D eigenvalue weighted by atomic mass is 9.83. The minimum absolute atomic E-state index is 0.0631. The van der Waals surface area contributed by atoms with Crippen LogP contribution in [0, 0.1) is 23.5 Å². The van der Waals surface area contributed by atoms with Gasteiger partial charge in [-0.25, -0.2) is 8.78 Å². The molecule has 0 spiro atoms. The summed E-state index contributed by atoms with van der Waals surface area (Å²) in [4.78, 5) is -3.78. The first-order valence-corrected chi connectivity index (χ1v) is 11.0. The van der Waals surface area contributed by atoms with Crippen LogP contribution in [-0.4, -0.2) is 25.9 Å². The van der Waals surface area contributed by atoms with E-state index in [0.717, 1.165) is 44.4 Å². The fourth-order valence-electron chi connectivity index (χ4n) is 4.20. The van der Waals surface area contributed by atoms with Gasteiger partial charge < -0.3 is 14.2 Å². The predicted molar refractivity (Wildman–Crippen MR) is 104 cm³/mol. The summed E-state index contributed by atoms with van der Waals surface area (Å²) in [5, 5.41) is 0. The average molecular weight is 483 g/mol. The zero-order valence-electron chi connectivity index (χ0n) is 16.4. The van der Waals surface area contributed by atoms with Crippen molar-refractivity contribution in [2.75, 3.05) is 19.8 Å².